The molecule has 0 saturated heterocycles. The Morgan fingerprint density at radius 2 is 1.95 bits per heavy atom. The fourth-order valence-corrected chi connectivity index (χ4v) is 3.16. The lowest BCUT2D eigenvalue weighted by Crippen LogP contribution is -2.47. The maximum Gasteiger partial charge on any atom is 0.288 e. The molecule has 0 aliphatic carbocycles. The molecule has 0 amide bonds. The second-order valence-electron chi connectivity index (χ2n) is 5.49. The Kier molecular flexibility index (Phi) is 5.19. The molecule has 0 fully saturated rings. The minimum absolute atomic E-state index is 0.0296. The molecule has 1 aromatic rings. The van der Waals surface area contributed by atoms with Gasteiger partial charge in [-0.1, -0.05) is 11.6 Å². The molecular formula is C12H18ClN3O4S. The van der Waals surface area contributed by atoms with E-state index in [-0.39, 0.29) is 10.7 Å². The maximum absolute atomic E-state index is 11.3. The average Bonchev–Trinajstić information content (AvgIpc) is 2.26. The Balaban J connectivity index is 2.90. The molecule has 0 aliphatic heterocycles. The largest absolute Gasteiger partial charge is 0.383 e. The molecule has 9 heteroatoms. The number of nitrogens with zero attached hydrogens (tertiary/aromatic N) is 1. The molecule has 0 aromatic heterocycles. The first-order valence-corrected chi connectivity index (χ1v) is 8.35. The van der Waals surface area contributed by atoms with Crippen LogP contribution in [0.4, 0.5) is 11.4 Å². The van der Waals surface area contributed by atoms with Crippen molar-refractivity contribution in [3.8, 4) is 0 Å². The van der Waals surface area contributed by atoms with Gasteiger partial charge in [-0.25, -0.2) is 13.1 Å². The van der Waals surface area contributed by atoms with Gasteiger partial charge < -0.3 is 5.32 Å². The van der Waals surface area contributed by atoms with E-state index in [1.807, 2.05) is 0 Å². The van der Waals surface area contributed by atoms with E-state index in [9.17, 15) is 18.5 Å². The highest BCUT2D eigenvalue weighted by Gasteiger charge is 2.22. The first kappa shape index (κ1) is 17.7. The predicted molar refractivity (Wildman–Crippen MR) is 83.4 cm³/mol. The van der Waals surface area contributed by atoms with Crippen LogP contribution in [0.1, 0.15) is 19.4 Å². The van der Waals surface area contributed by atoms with E-state index in [4.69, 9.17) is 11.6 Å². The second-order valence-corrected chi connectivity index (χ2v) is 7.64. The number of rotatable bonds is 6. The Morgan fingerprint density at radius 3 is 2.43 bits per heavy atom. The van der Waals surface area contributed by atoms with Crippen LogP contribution in [0.2, 0.25) is 5.02 Å². The third kappa shape index (κ3) is 5.49. The van der Waals surface area contributed by atoms with Crippen LogP contribution in [0, 0.1) is 17.0 Å². The van der Waals surface area contributed by atoms with E-state index in [1.54, 1.807) is 20.8 Å². The SMILES string of the molecule is Cc1cc([N+](=O)[O-])c(Cl)cc1NCC(C)(C)NS(C)(=O)=O. The van der Waals surface area contributed by atoms with Crippen molar-refractivity contribution >= 4 is 33.0 Å². The molecule has 118 valence electrons. The van der Waals surface area contributed by atoms with E-state index < -0.39 is 20.5 Å². The van der Waals surface area contributed by atoms with Crippen LogP contribution >= 0.6 is 11.6 Å². The Hall–Kier alpha value is -1.38. The second kappa shape index (κ2) is 6.17. The molecule has 2 N–H and O–H groups in total. The molecule has 0 saturated carbocycles. The van der Waals surface area contributed by atoms with Gasteiger partial charge in [0, 0.05) is 23.8 Å². The summed E-state index contributed by atoms with van der Waals surface area (Å²) in [6.07, 6.45) is 1.09. The van der Waals surface area contributed by atoms with Gasteiger partial charge in [0.1, 0.15) is 5.02 Å². The van der Waals surface area contributed by atoms with Crippen LogP contribution in [-0.2, 0) is 10.0 Å². The van der Waals surface area contributed by atoms with Gasteiger partial charge in [0.25, 0.3) is 5.69 Å². The molecule has 1 aromatic carbocycles. The minimum atomic E-state index is -3.33. The highest BCUT2D eigenvalue weighted by molar-refractivity contribution is 7.88. The lowest BCUT2D eigenvalue weighted by Gasteiger charge is -2.26. The maximum atomic E-state index is 11.3. The van der Waals surface area contributed by atoms with Crippen LogP contribution in [0.3, 0.4) is 0 Å². The monoisotopic (exact) mass is 335 g/mol. The average molecular weight is 336 g/mol. The number of nitro benzene ring substituents is 1. The zero-order valence-electron chi connectivity index (χ0n) is 12.2. The van der Waals surface area contributed by atoms with Gasteiger partial charge in [-0.3, -0.25) is 10.1 Å². The molecule has 0 radical (unpaired) electrons. The van der Waals surface area contributed by atoms with Gasteiger partial charge in [-0.2, -0.15) is 0 Å². The number of hydrogen-bond acceptors (Lipinski definition) is 5. The van der Waals surface area contributed by atoms with Crippen molar-refractivity contribution in [1.29, 1.82) is 0 Å². The van der Waals surface area contributed by atoms with Crippen molar-refractivity contribution in [2.75, 3.05) is 18.1 Å². The van der Waals surface area contributed by atoms with Gasteiger partial charge in [0.15, 0.2) is 0 Å². The number of benzene rings is 1. The highest BCUT2D eigenvalue weighted by Crippen LogP contribution is 2.30. The smallest absolute Gasteiger partial charge is 0.288 e. The van der Waals surface area contributed by atoms with Crippen molar-refractivity contribution in [1.82, 2.24) is 4.72 Å². The molecule has 0 aliphatic rings. The lowest BCUT2D eigenvalue weighted by atomic mass is 10.1. The molecular weight excluding hydrogens is 318 g/mol. The summed E-state index contributed by atoms with van der Waals surface area (Å²) < 4.78 is 25.0. The minimum Gasteiger partial charge on any atom is -0.383 e. The van der Waals surface area contributed by atoms with Crippen molar-refractivity contribution in [3.05, 3.63) is 32.8 Å². The van der Waals surface area contributed by atoms with Crippen LogP contribution < -0.4 is 10.0 Å². The van der Waals surface area contributed by atoms with Crippen molar-refractivity contribution in [2.45, 2.75) is 26.3 Å². The third-order valence-electron chi connectivity index (χ3n) is 2.67. The molecule has 21 heavy (non-hydrogen) atoms. The van der Waals surface area contributed by atoms with Crippen molar-refractivity contribution in [2.24, 2.45) is 0 Å². The van der Waals surface area contributed by atoms with Crippen LogP contribution in [0.25, 0.3) is 0 Å². The summed E-state index contributed by atoms with van der Waals surface area (Å²) >= 11 is 5.86. The molecule has 0 atom stereocenters. The zero-order valence-corrected chi connectivity index (χ0v) is 13.8. The van der Waals surface area contributed by atoms with Crippen LogP contribution in [-0.4, -0.2) is 31.7 Å². The summed E-state index contributed by atoms with van der Waals surface area (Å²) in [5.41, 5.74) is 0.400. The number of halogens is 1. The molecule has 1 rings (SSSR count). The highest BCUT2D eigenvalue weighted by atomic mass is 35.5. The van der Waals surface area contributed by atoms with Crippen LogP contribution in [0.5, 0.6) is 0 Å². The normalized spacial score (nSPS) is 12.2. The summed E-state index contributed by atoms with van der Waals surface area (Å²) in [6, 6.07) is 2.84. The summed E-state index contributed by atoms with van der Waals surface area (Å²) in [5.74, 6) is 0. The van der Waals surface area contributed by atoms with E-state index in [1.165, 1.54) is 12.1 Å². The summed E-state index contributed by atoms with van der Waals surface area (Å²) in [6.45, 7) is 5.46. The number of nitrogens with one attached hydrogen (secondary N) is 2. The Labute approximate surface area is 128 Å². The van der Waals surface area contributed by atoms with E-state index in [0.717, 1.165) is 6.26 Å². The van der Waals surface area contributed by atoms with E-state index >= 15 is 0 Å². The molecule has 7 nitrogen and oxygen atoms in total. The Morgan fingerprint density at radius 1 is 1.38 bits per heavy atom. The Bertz CT molecular complexity index is 659. The molecule has 0 unspecified atom stereocenters. The fraction of sp³-hybridized carbons (Fsp3) is 0.500. The third-order valence-corrected chi connectivity index (χ3v) is 3.90. The molecule has 0 bridgehead atoms. The molecule has 0 heterocycles. The first-order chi connectivity index (χ1) is 9.41. The predicted octanol–water partition coefficient (Wildman–Crippen LogP) is 2.30. The lowest BCUT2D eigenvalue weighted by molar-refractivity contribution is -0.384. The number of sulfonamides is 1. The van der Waals surface area contributed by atoms with Gasteiger partial charge >= 0.3 is 0 Å². The first-order valence-electron chi connectivity index (χ1n) is 6.09. The zero-order chi connectivity index (χ0) is 16.4. The standard InChI is InChI=1S/C12H18ClN3O4S/c1-8-5-11(16(17)18)9(13)6-10(8)14-7-12(2,3)15-21(4,19)20/h5-6,14-15H,7H2,1-4H3. The van der Waals surface area contributed by atoms with Crippen LogP contribution in [0.15, 0.2) is 12.1 Å². The van der Waals surface area contributed by atoms with E-state index in [0.29, 0.717) is 17.8 Å². The van der Waals surface area contributed by atoms with Gasteiger partial charge in [0.2, 0.25) is 10.0 Å². The summed E-state index contributed by atoms with van der Waals surface area (Å²) in [5, 5.41) is 13.9. The number of anilines is 1. The quantitative estimate of drug-likeness (QED) is 0.613. The van der Waals surface area contributed by atoms with Gasteiger partial charge in [-0.15, -0.1) is 0 Å². The van der Waals surface area contributed by atoms with Gasteiger partial charge in [-0.05, 0) is 32.4 Å². The summed E-state index contributed by atoms with van der Waals surface area (Å²) in [4.78, 5) is 10.2. The van der Waals surface area contributed by atoms with E-state index in [2.05, 4.69) is 10.0 Å². The molecule has 0 spiro atoms. The van der Waals surface area contributed by atoms with Gasteiger partial charge in [0.05, 0.1) is 11.2 Å². The van der Waals surface area contributed by atoms with Crippen molar-refractivity contribution in [3.63, 3.8) is 0 Å². The number of nitro groups is 1. The summed E-state index contributed by atoms with van der Waals surface area (Å²) in [7, 11) is -3.33. The van der Waals surface area contributed by atoms with Crippen molar-refractivity contribution < 1.29 is 13.3 Å². The topological polar surface area (TPSA) is 101 Å². The fourth-order valence-electron chi connectivity index (χ4n) is 1.85. The number of hydrogen-bond donors (Lipinski definition) is 2. The number of aryl methyl sites for hydroxylation is 1.